The van der Waals surface area contributed by atoms with Gasteiger partial charge in [0.15, 0.2) is 5.69 Å². The predicted octanol–water partition coefficient (Wildman–Crippen LogP) is 2.68. The summed E-state index contributed by atoms with van der Waals surface area (Å²) in [6.07, 6.45) is 1.68. The lowest BCUT2D eigenvalue weighted by molar-refractivity contribution is -0.384. The van der Waals surface area contributed by atoms with E-state index in [4.69, 9.17) is 5.11 Å². The fourth-order valence-corrected chi connectivity index (χ4v) is 1.82. The molecule has 0 aliphatic rings. The van der Waals surface area contributed by atoms with Crippen molar-refractivity contribution in [3.05, 3.63) is 27.9 Å². The van der Waals surface area contributed by atoms with Gasteiger partial charge in [0.1, 0.15) is 0 Å². The van der Waals surface area contributed by atoms with E-state index in [0.717, 1.165) is 25.0 Å². The minimum Gasteiger partial charge on any atom is -0.477 e. The van der Waals surface area contributed by atoms with E-state index in [0.29, 0.717) is 0 Å². The molecule has 7 nitrogen and oxygen atoms in total. The SMILES string of the molecule is CCCC(C)(C)Nc1nc(C(=O)O)ccc1[N+](=O)[O-]. The van der Waals surface area contributed by atoms with Crippen molar-refractivity contribution >= 4 is 17.5 Å². The van der Waals surface area contributed by atoms with Gasteiger partial charge in [0.25, 0.3) is 0 Å². The first kappa shape index (κ1) is 14.9. The largest absolute Gasteiger partial charge is 0.477 e. The number of carbonyl (C=O) groups is 1. The van der Waals surface area contributed by atoms with Crippen LogP contribution in [0.3, 0.4) is 0 Å². The number of nitrogens with one attached hydrogen (secondary N) is 1. The molecule has 0 saturated heterocycles. The third kappa shape index (κ3) is 3.90. The maximum Gasteiger partial charge on any atom is 0.354 e. The molecule has 0 saturated carbocycles. The van der Waals surface area contributed by atoms with Gasteiger partial charge in [-0.05, 0) is 26.3 Å². The summed E-state index contributed by atoms with van der Waals surface area (Å²) in [4.78, 5) is 25.0. The monoisotopic (exact) mass is 267 g/mol. The normalized spacial score (nSPS) is 11.1. The Kier molecular flexibility index (Phi) is 4.42. The summed E-state index contributed by atoms with van der Waals surface area (Å²) in [5, 5.41) is 22.8. The third-order valence-electron chi connectivity index (χ3n) is 2.62. The Hall–Kier alpha value is -2.18. The Morgan fingerprint density at radius 1 is 1.53 bits per heavy atom. The van der Waals surface area contributed by atoms with Crippen LogP contribution >= 0.6 is 0 Å². The number of carboxylic acids is 1. The van der Waals surface area contributed by atoms with Gasteiger partial charge in [-0.2, -0.15) is 0 Å². The highest BCUT2D eigenvalue weighted by molar-refractivity contribution is 5.86. The molecule has 104 valence electrons. The van der Waals surface area contributed by atoms with Gasteiger partial charge in [0, 0.05) is 11.6 Å². The lowest BCUT2D eigenvalue weighted by atomic mass is 9.99. The molecule has 19 heavy (non-hydrogen) atoms. The van der Waals surface area contributed by atoms with Crippen LogP contribution in [-0.4, -0.2) is 26.5 Å². The molecule has 0 radical (unpaired) electrons. The molecule has 0 amide bonds. The number of nitro groups is 1. The third-order valence-corrected chi connectivity index (χ3v) is 2.62. The molecule has 1 aromatic heterocycles. The molecule has 1 rings (SSSR count). The second kappa shape index (κ2) is 5.64. The van der Waals surface area contributed by atoms with Gasteiger partial charge in [-0.3, -0.25) is 10.1 Å². The number of hydrogen-bond acceptors (Lipinski definition) is 5. The topological polar surface area (TPSA) is 105 Å². The standard InChI is InChI=1S/C12H17N3O4/c1-4-7-12(2,3)14-10-9(15(18)19)6-5-8(13-10)11(16)17/h5-6H,4,7H2,1-3H3,(H,13,14)(H,16,17). The molecule has 0 aromatic carbocycles. The lowest BCUT2D eigenvalue weighted by Crippen LogP contribution is -2.31. The van der Waals surface area contributed by atoms with Crippen molar-refractivity contribution in [3.8, 4) is 0 Å². The molecular weight excluding hydrogens is 250 g/mol. The van der Waals surface area contributed by atoms with Gasteiger partial charge in [0.2, 0.25) is 5.82 Å². The van der Waals surface area contributed by atoms with E-state index in [1.54, 1.807) is 0 Å². The van der Waals surface area contributed by atoms with Crippen LogP contribution in [0.5, 0.6) is 0 Å². The number of pyridine rings is 1. The lowest BCUT2D eigenvalue weighted by Gasteiger charge is -2.26. The highest BCUT2D eigenvalue weighted by atomic mass is 16.6. The molecule has 0 spiro atoms. The van der Waals surface area contributed by atoms with Gasteiger partial charge in [-0.15, -0.1) is 0 Å². The first-order valence-corrected chi connectivity index (χ1v) is 5.94. The summed E-state index contributed by atoms with van der Waals surface area (Å²) in [7, 11) is 0. The highest BCUT2D eigenvalue weighted by Crippen LogP contribution is 2.27. The quantitative estimate of drug-likeness (QED) is 0.606. The Morgan fingerprint density at radius 2 is 2.16 bits per heavy atom. The summed E-state index contributed by atoms with van der Waals surface area (Å²) >= 11 is 0. The number of rotatable bonds is 6. The summed E-state index contributed by atoms with van der Waals surface area (Å²) < 4.78 is 0. The van der Waals surface area contributed by atoms with Crippen molar-refractivity contribution in [2.45, 2.75) is 39.2 Å². The number of anilines is 1. The summed E-state index contributed by atoms with van der Waals surface area (Å²) in [6, 6.07) is 2.28. The van der Waals surface area contributed by atoms with Crippen molar-refractivity contribution in [2.75, 3.05) is 5.32 Å². The fraction of sp³-hybridized carbons (Fsp3) is 0.500. The fourth-order valence-electron chi connectivity index (χ4n) is 1.82. The molecular formula is C12H17N3O4. The van der Waals surface area contributed by atoms with Gasteiger partial charge < -0.3 is 10.4 Å². The Morgan fingerprint density at radius 3 is 2.63 bits per heavy atom. The highest BCUT2D eigenvalue weighted by Gasteiger charge is 2.24. The molecule has 0 aliphatic carbocycles. The molecule has 0 bridgehead atoms. The van der Waals surface area contributed by atoms with E-state index in [-0.39, 0.29) is 17.2 Å². The Labute approximate surface area is 110 Å². The van der Waals surface area contributed by atoms with Gasteiger partial charge in [-0.1, -0.05) is 13.3 Å². The minimum atomic E-state index is -1.22. The Balaban J connectivity index is 3.18. The molecule has 1 aromatic rings. The summed E-state index contributed by atoms with van der Waals surface area (Å²) in [5.74, 6) is -1.23. The van der Waals surface area contributed by atoms with Gasteiger partial charge in [-0.25, -0.2) is 9.78 Å². The van der Waals surface area contributed by atoms with E-state index in [9.17, 15) is 14.9 Å². The van der Waals surface area contributed by atoms with Crippen molar-refractivity contribution in [3.63, 3.8) is 0 Å². The average molecular weight is 267 g/mol. The first-order chi connectivity index (χ1) is 8.76. The summed E-state index contributed by atoms with van der Waals surface area (Å²) in [6.45, 7) is 5.77. The molecule has 0 aliphatic heterocycles. The van der Waals surface area contributed by atoms with Crippen LogP contribution in [0.2, 0.25) is 0 Å². The van der Waals surface area contributed by atoms with Crippen molar-refractivity contribution in [2.24, 2.45) is 0 Å². The van der Waals surface area contributed by atoms with E-state index < -0.39 is 16.4 Å². The first-order valence-electron chi connectivity index (χ1n) is 5.94. The zero-order valence-corrected chi connectivity index (χ0v) is 11.1. The number of aromatic nitrogens is 1. The van der Waals surface area contributed by atoms with Crippen molar-refractivity contribution in [1.82, 2.24) is 4.98 Å². The Bertz CT molecular complexity index is 500. The minimum absolute atomic E-state index is 0.0108. The van der Waals surface area contributed by atoms with Crippen LogP contribution in [0.25, 0.3) is 0 Å². The second-order valence-electron chi connectivity index (χ2n) is 4.89. The van der Waals surface area contributed by atoms with E-state index >= 15 is 0 Å². The second-order valence-corrected chi connectivity index (χ2v) is 4.89. The van der Waals surface area contributed by atoms with Crippen LogP contribution in [0, 0.1) is 10.1 Å². The van der Waals surface area contributed by atoms with Crippen molar-refractivity contribution in [1.29, 1.82) is 0 Å². The van der Waals surface area contributed by atoms with E-state index in [1.165, 1.54) is 0 Å². The average Bonchev–Trinajstić information content (AvgIpc) is 2.27. The number of aromatic carboxylic acids is 1. The molecule has 0 fully saturated rings. The molecule has 2 N–H and O–H groups in total. The van der Waals surface area contributed by atoms with Crippen molar-refractivity contribution < 1.29 is 14.8 Å². The number of nitrogens with zero attached hydrogens (tertiary/aromatic N) is 2. The molecule has 0 unspecified atom stereocenters. The van der Waals surface area contributed by atoms with Crippen LogP contribution < -0.4 is 5.32 Å². The molecule has 7 heteroatoms. The number of hydrogen-bond donors (Lipinski definition) is 2. The maximum atomic E-state index is 10.9. The smallest absolute Gasteiger partial charge is 0.354 e. The summed E-state index contributed by atoms with van der Waals surface area (Å²) in [5.41, 5.74) is -0.849. The van der Waals surface area contributed by atoms with Crippen LogP contribution in [-0.2, 0) is 0 Å². The maximum absolute atomic E-state index is 10.9. The van der Waals surface area contributed by atoms with Crippen LogP contribution in [0.15, 0.2) is 12.1 Å². The predicted molar refractivity (Wildman–Crippen MR) is 70.5 cm³/mol. The molecule has 1 heterocycles. The van der Waals surface area contributed by atoms with E-state index in [2.05, 4.69) is 10.3 Å². The van der Waals surface area contributed by atoms with Gasteiger partial charge >= 0.3 is 11.7 Å². The van der Waals surface area contributed by atoms with Crippen LogP contribution in [0.4, 0.5) is 11.5 Å². The number of carboxylic acid groups (broad SMARTS) is 1. The van der Waals surface area contributed by atoms with E-state index in [1.807, 2.05) is 20.8 Å². The molecule has 0 atom stereocenters. The van der Waals surface area contributed by atoms with Crippen LogP contribution in [0.1, 0.15) is 44.1 Å². The zero-order valence-electron chi connectivity index (χ0n) is 11.1. The van der Waals surface area contributed by atoms with Gasteiger partial charge in [0.05, 0.1) is 4.92 Å². The zero-order chi connectivity index (χ0) is 14.6.